The Kier molecular flexibility index (Phi) is 4.12. The highest BCUT2D eigenvalue weighted by atomic mass is 16.5. The third-order valence-electron chi connectivity index (χ3n) is 2.60. The molecule has 0 fully saturated rings. The van der Waals surface area contributed by atoms with Crippen LogP contribution in [0.15, 0.2) is 39.6 Å². The SMILES string of the molecule is CCCNC(=O)n1c(Cc2ccccc2)noc1=O. The Morgan fingerprint density at radius 1 is 1.37 bits per heavy atom. The van der Waals surface area contributed by atoms with Crippen molar-refractivity contribution in [1.82, 2.24) is 15.0 Å². The molecule has 19 heavy (non-hydrogen) atoms. The van der Waals surface area contributed by atoms with Gasteiger partial charge in [-0.25, -0.2) is 9.59 Å². The lowest BCUT2D eigenvalue weighted by molar-refractivity contribution is 0.239. The van der Waals surface area contributed by atoms with Crippen LogP contribution in [-0.2, 0) is 6.42 Å². The van der Waals surface area contributed by atoms with Crippen LogP contribution in [0.2, 0.25) is 0 Å². The average Bonchev–Trinajstić information content (AvgIpc) is 2.78. The predicted molar refractivity (Wildman–Crippen MR) is 69.1 cm³/mol. The van der Waals surface area contributed by atoms with Gasteiger partial charge in [-0.05, 0) is 12.0 Å². The first-order valence-corrected chi connectivity index (χ1v) is 6.12. The number of nitrogens with one attached hydrogen (secondary N) is 1. The van der Waals surface area contributed by atoms with Gasteiger partial charge in [0.25, 0.3) is 0 Å². The standard InChI is InChI=1S/C13H15N3O3/c1-2-8-14-12(17)16-11(15-19-13(16)18)9-10-6-4-3-5-7-10/h3-7H,2,8-9H2,1H3,(H,14,17). The molecule has 0 aliphatic rings. The molecule has 0 saturated carbocycles. The van der Waals surface area contributed by atoms with Crippen molar-refractivity contribution >= 4 is 6.03 Å². The normalized spacial score (nSPS) is 10.4. The molecule has 2 aromatic rings. The monoisotopic (exact) mass is 261 g/mol. The fraction of sp³-hybridized carbons (Fsp3) is 0.308. The number of aromatic nitrogens is 2. The van der Waals surface area contributed by atoms with Crippen molar-refractivity contribution in [2.45, 2.75) is 19.8 Å². The van der Waals surface area contributed by atoms with Gasteiger partial charge in [0.2, 0.25) is 0 Å². The molecular formula is C13H15N3O3. The van der Waals surface area contributed by atoms with Crippen LogP contribution >= 0.6 is 0 Å². The van der Waals surface area contributed by atoms with E-state index in [0.717, 1.165) is 16.6 Å². The number of rotatable bonds is 4. The van der Waals surface area contributed by atoms with Gasteiger partial charge in [0.05, 0.1) is 0 Å². The van der Waals surface area contributed by atoms with Crippen molar-refractivity contribution in [3.8, 4) is 0 Å². The van der Waals surface area contributed by atoms with E-state index in [0.29, 0.717) is 18.8 Å². The lowest BCUT2D eigenvalue weighted by atomic mass is 10.1. The number of hydrogen-bond acceptors (Lipinski definition) is 4. The summed E-state index contributed by atoms with van der Waals surface area (Å²) >= 11 is 0. The Bertz CT molecular complexity index is 601. The Labute approximate surface area is 110 Å². The largest absolute Gasteiger partial charge is 0.450 e. The summed E-state index contributed by atoms with van der Waals surface area (Å²) in [6.45, 7) is 2.43. The summed E-state index contributed by atoms with van der Waals surface area (Å²) in [6.07, 6.45) is 1.16. The quantitative estimate of drug-likeness (QED) is 0.902. The molecule has 1 heterocycles. The van der Waals surface area contributed by atoms with Gasteiger partial charge in [0, 0.05) is 13.0 Å². The van der Waals surface area contributed by atoms with E-state index in [4.69, 9.17) is 0 Å². The summed E-state index contributed by atoms with van der Waals surface area (Å²) in [6, 6.07) is 8.96. The van der Waals surface area contributed by atoms with Gasteiger partial charge in [0.1, 0.15) is 0 Å². The number of amides is 1. The second-order valence-corrected chi connectivity index (χ2v) is 4.09. The molecule has 6 nitrogen and oxygen atoms in total. The minimum absolute atomic E-state index is 0.296. The second-order valence-electron chi connectivity index (χ2n) is 4.09. The number of nitrogens with zero attached hydrogens (tertiary/aromatic N) is 2. The highest BCUT2D eigenvalue weighted by Crippen LogP contribution is 2.05. The van der Waals surface area contributed by atoms with E-state index >= 15 is 0 Å². The first-order valence-electron chi connectivity index (χ1n) is 6.12. The Morgan fingerprint density at radius 2 is 2.11 bits per heavy atom. The third-order valence-corrected chi connectivity index (χ3v) is 2.60. The molecule has 1 aromatic carbocycles. The molecule has 0 radical (unpaired) electrons. The number of carbonyl (C=O) groups excluding carboxylic acids is 1. The van der Waals surface area contributed by atoms with Crippen molar-refractivity contribution in [1.29, 1.82) is 0 Å². The molecule has 0 aliphatic heterocycles. The summed E-state index contributed by atoms with van der Waals surface area (Å²) in [5, 5.41) is 6.28. The maximum Gasteiger partial charge on any atom is 0.450 e. The maximum atomic E-state index is 11.8. The molecule has 0 aliphatic carbocycles. The lowest BCUT2D eigenvalue weighted by Crippen LogP contribution is -2.36. The van der Waals surface area contributed by atoms with Crippen LogP contribution in [0, 0.1) is 0 Å². The Hall–Kier alpha value is -2.37. The van der Waals surface area contributed by atoms with E-state index < -0.39 is 11.8 Å². The summed E-state index contributed by atoms with van der Waals surface area (Å²) in [5.41, 5.74) is 0.952. The van der Waals surface area contributed by atoms with Gasteiger partial charge in [0.15, 0.2) is 5.82 Å². The molecule has 100 valence electrons. The van der Waals surface area contributed by atoms with Crippen molar-refractivity contribution in [2.24, 2.45) is 0 Å². The molecule has 0 atom stereocenters. The number of carbonyl (C=O) groups is 1. The molecule has 0 spiro atoms. The Balaban J connectivity index is 2.23. The third kappa shape index (κ3) is 3.09. The molecule has 1 N–H and O–H groups in total. The van der Waals surface area contributed by atoms with Crippen LogP contribution in [0.5, 0.6) is 0 Å². The van der Waals surface area contributed by atoms with Crippen LogP contribution in [0.3, 0.4) is 0 Å². The molecule has 1 amide bonds. The first-order chi connectivity index (χ1) is 9.22. The molecule has 2 rings (SSSR count). The van der Waals surface area contributed by atoms with E-state index in [2.05, 4.69) is 15.0 Å². The van der Waals surface area contributed by atoms with Crippen LogP contribution in [0.1, 0.15) is 24.7 Å². The van der Waals surface area contributed by atoms with Crippen molar-refractivity contribution in [2.75, 3.05) is 6.54 Å². The van der Waals surface area contributed by atoms with Crippen molar-refractivity contribution < 1.29 is 9.32 Å². The zero-order valence-corrected chi connectivity index (χ0v) is 10.6. The first kappa shape index (κ1) is 13.1. The van der Waals surface area contributed by atoms with E-state index in [1.54, 1.807) is 0 Å². The van der Waals surface area contributed by atoms with Crippen LogP contribution in [-0.4, -0.2) is 22.3 Å². The van der Waals surface area contributed by atoms with Crippen LogP contribution < -0.4 is 11.1 Å². The zero-order valence-electron chi connectivity index (χ0n) is 10.6. The van der Waals surface area contributed by atoms with Gasteiger partial charge in [-0.3, -0.25) is 4.52 Å². The van der Waals surface area contributed by atoms with Gasteiger partial charge >= 0.3 is 11.8 Å². The minimum Gasteiger partial charge on any atom is -0.337 e. The molecule has 1 aromatic heterocycles. The highest BCUT2D eigenvalue weighted by Gasteiger charge is 2.17. The predicted octanol–water partition coefficient (Wildman–Crippen LogP) is 1.39. The number of benzene rings is 1. The van der Waals surface area contributed by atoms with E-state index in [-0.39, 0.29) is 0 Å². The van der Waals surface area contributed by atoms with Crippen LogP contribution in [0.4, 0.5) is 4.79 Å². The lowest BCUT2D eigenvalue weighted by Gasteiger charge is -2.04. The Morgan fingerprint density at radius 3 is 2.79 bits per heavy atom. The molecule has 0 unspecified atom stereocenters. The summed E-state index contributed by atoms with van der Waals surface area (Å²) < 4.78 is 5.50. The number of hydrogen-bond donors (Lipinski definition) is 1. The average molecular weight is 261 g/mol. The topological polar surface area (TPSA) is 77.1 Å². The molecule has 6 heteroatoms. The van der Waals surface area contributed by atoms with Gasteiger partial charge in [-0.1, -0.05) is 42.4 Å². The van der Waals surface area contributed by atoms with Crippen molar-refractivity contribution in [3.63, 3.8) is 0 Å². The molecular weight excluding hydrogens is 246 g/mol. The summed E-state index contributed by atoms with van der Waals surface area (Å²) in [5.74, 6) is -0.468. The van der Waals surface area contributed by atoms with E-state index in [1.807, 2.05) is 37.3 Å². The minimum atomic E-state index is -0.764. The fourth-order valence-corrected chi connectivity index (χ4v) is 1.68. The van der Waals surface area contributed by atoms with Crippen LogP contribution in [0.25, 0.3) is 0 Å². The fourth-order valence-electron chi connectivity index (χ4n) is 1.68. The summed E-state index contributed by atoms with van der Waals surface area (Å²) in [7, 11) is 0. The molecule has 0 bridgehead atoms. The second kappa shape index (κ2) is 5.99. The molecule has 0 saturated heterocycles. The smallest absolute Gasteiger partial charge is 0.337 e. The van der Waals surface area contributed by atoms with E-state index in [1.165, 1.54) is 0 Å². The maximum absolute atomic E-state index is 11.8. The zero-order chi connectivity index (χ0) is 13.7. The van der Waals surface area contributed by atoms with Gasteiger partial charge < -0.3 is 5.32 Å². The van der Waals surface area contributed by atoms with E-state index in [9.17, 15) is 9.59 Å². The van der Waals surface area contributed by atoms with Gasteiger partial charge in [-0.15, -0.1) is 0 Å². The highest BCUT2D eigenvalue weighted by molar-refractivity contribution is 5.76. The van der Waals surface area contributed by atoms with Crippen molar-refractivity contribution in [3.05, 3.63) is 52.3 Å². The summed E-state index contributed by atoms with van der Waals surface area (Å²) in [4.78, 5) is 23.4. The van der Waals surface area contributed by atoms with Gasteiger partial charge in [-0.2, -0.15) is 4.57 Å².